The molecule has 0 saturated heterocycles. The Morgan fingerprint density at radius 3 is 2.67 bits per heavy atom. The lowest BCUT2D eigenvalue weighted by atomic mass is 9.89. The third-order valence-corrected chi connectivity index (χ3v) is 3.62. The Balaban J connectivity index is 2.16. The maximum atomic E-state index is 12.5. The summed E-state index contributed by atoms with van der Waals surface area (Å²) in [6.07, 6.45) is 5.08. The molecule has 0 aliphatic carbocycles. The van der Waals surface area contributed by atoms with Crippen LogP contribution in [0.4, 0.5) is 0 Å². The Kier molecular flexibility index (Phi) is 4.40. The van der Waals surface area contributed by atoms with Gasteiger partial charge in [0.25, 0.3) is 0 Å². The second-order valence-corrected chi connectivity index (χ2v) is 5.06. The second kappa shape index (κ2) is 6.03. The molecule has 1 aliphatic heterocycles. The zero-order valence-corrected chi connectivity index (χ0v) is 11.4. The van der Waals surface area contributed by atoms with Gasteiger partial charge in [0.05, 0.1) is 6.61 Å². The number of carbonyl (C=O) groups is 1. The van der Waals surface area contributed by atoms with Gasteiger partial charge in [-0.05, 0) is 36.6 Å². The molecule has 2 nitrogen and oxygen atoms in total. The van der Waals surface area contributed by atoms with Crippen molar-refractivity contribution < 1.29 is 9.53 Å². The molecule has 2 rings (SSSR count). The van der Waals surface area contributed by atoms with Gasteiger partial charge in [0.15, 0.2) is 5.78 Å². The van der Waals surface area contributed by atoms with Crippen molar-refractivity contribution in [1.29, 1.82) is 0 Å². The minimum atomic E-state index is 0.195. The predicted molar refractivity (Wildman–Crippen MR) is 73.3 cm³/mol. The molecule has 0 aromatic heterocycles. The van der Waals surface area contributed by atoms with Crippen LogP contribution in [0.15, 0.2) is 18.2 Å². The van der Waals surface area contributed by atoms with Gasteiger partial charge in [-0.1, -0.05) is 26.7 Å². The number of benzene rings is 1. The van der Waals surface area contributed by atoms with E-state index in [0.717, 1.165) is 50.0 Å². The van der Waals surface area contributed by atoms with Gasteiger partial charge in [0, 0.05) is 17.9 Å². The molecule has 0 fully saturated rings. The molecule has 0 amide bonds. The van der Waals surface area contributed by atoms with E-state index in [0.29, 0.717) is 5.78 Å². The van der Waals surface area contributed by atoms with Crippen LogP contribution in [-0.2, 0) is 6.42 Å². The van der Waals surface area contributed by atoms with Crippen molar-refractivity contribution in [3.63, 3.8) is 0 Å². The lowest BCUT2D eigenvalue weighted by Gasteiger charge is -2.14. The normalized spacial score (nSPS) is 13.5. The van der Waals surface area contributed by atoms with E-state index >= 15 is 0 Å². The molecule has 0 unspecified atom stereocenters. The molecule has 1 aromatic rings. The molecule has 18 heavy (non-hydrogen) atoms. The van der Waals surface area contributed by atoms with E-state index < -0.39 is 0 Å². The standard InChI is InChI=1S/C16H22O2/c1-3-5-12(6-4-2)16(17)14-7-8-15-13(11-14)9-10-18-15/h7-8,11-12H,3-6,9-10H2,1-2H3. The zero-order chi connectivity index (χ0) is 13.0. The third-order valence-electron chi connectivity index (χ3n) is 3.62. The first-order chi connectivity index (χ1) is 8.76. The maximum absolute atomic E-state index is 12.5. The predicted octanol–water partition coefficient (Wildman–Crippen LogP) is 4.02. The van der Waals surface area contributed by atoms with E-state index in [1.807, 2.05) is 18.2 Å². The van der Waals surface area contributed by atoms with Crippen molar-refractivity contribution in [3.8, 4) is 5.75 Å². The van der Waals surface area contributed by atoms with E-state index in [1.165, 1.54) is 5.56 Å². The Morgan fingerprint density at radius 2 is 2.00 bits per heavy atom. The van der Waals surface area contributed by atoms with Crippen LogP contribution in [0.3, 0.4) is 0 Å². The molecule has 0 radical (unpaired) electrons. The van der Waals surface area contributed by atoms with E-state index in [1.54, 1.807) is 0 Å². The summed E-state index contributed by atoms with van der Waals surface area (Å²) in [5.41, 5.74) is 2.05. The minimum Gasteiger partial charge on any atom is -0.493 e. The van der Waals surface area contributed by atoms with Crippen LogP contribution in [-0.4, -0.2) is 12.4 Å². The summed E-state index contributed by atoms with van der Waals surface area (Å²) in [6, 6.07) is 5.90. The fourth-order valence-electron chi connectivity index (χ4n) is 2.68. The number of fused-ring (bicyclic) bond motifs is 1. The highest BCUT2D eigenvalue weighted by Gasteiger charge is 2.20. The Hall–Kier alpha value is -1.31. The summed E-state index contributed by atoms with van der Waals surface area (Å²) in [4.78, 5) is 12.5. The van der Waals surface area contributed by atoms with Crippen molar-refractivity contribution >= 4 is 5.78 Å². The van der Waals surface area contributed by atoms with Crippen molar-refractivity contribution in [2.45, 2.75) is 46.0 Å². The van der Waals surface area contributed by atoms with Gasteiger partial charge in [-0.3, -0.25) is 4.79 Å². The lowest BCUT2D eigenvalue weighted by molar-refractivity contribution is 0.0905. The third kappa shape index (κ3) is 2.74. The molecular formula is C16H22O2. The van der Waals surface area contributed by atoms with E-state index in [-0.39, 0.29) is 5.92 Å². The Morgan fingerprint density at radius 1 is 1.28 bits per heavy atom. The van der Waals surface area contributed by atoms with Gasteiger partial charge in [-0.15, -0.1) is 0 Å². The molecule has 0 spiro atoms. The lowest BCUT2D eigenvalue weighted by Crippen LogP contribution is -2.14. The molecule has 98 valence electrons. The zero-order valence-electron chi connectivity index (χ0n) is 11.4. The molecule has 1 aromatic carbocycles. The number of Topliss-reactive ketones (excluding diaryl/α,β-unsaturated/α-hetero) is 1. The number of carbonyl (C=O) groups excluding carboxylic acids is 1. The average molecular weight is 246 g/mol. The molecule has 0 atom stereocenters. The number of hydrogen-bond acceptors (Lipinski definition) is 2. The highest BCUT2D eigenvalue weighted by molar-refractivity contribution is 5.98. The Bertz CT molecular complexity index is 417. The number of ketones is 1. The second-order valence-electron chi connectivity index (χ2n) is 5.06. The fourth-order valence-corrected chi connectivity index (χ4v) is 2.68. The molecule has 1 aliphatic rings. The highest BCUT2D eigenvalue weighted by Crippen LogP contribution is 2.28. The molecular weight excluding hydrogens is 224 g/mol. The van der Waals surface area contributed by atoms with Crippen molar-refractivity contribution in [3.05, 3.63) is 29.3 Å². The van der Waals surface area contributed by atoms with Gasteiger partial charge >= 0.3 is 0 Å². The number of rotatable bonds is 6. The molecule has 2 heteroatoms. The Labute approximate surface area is 109 Å². The first-order valence-electron chi connectivity index (χ1n) is 7.06. The van der Waals surface area contributed by atoms with Crippen LogP contribution in [0.5, 0.6) is 5.75 Å². The quantitative estimate of drug-likeness (QED) is 0.709. The van der Waals surface area contributed by atoms with Gasteiger partial charge < -0.3 is 4.74 Å². The van der Waals surface area contributed by atoms with Crippen molar-refractivity contribution in [2.24, 2.45) is 5.92 Å². The minimum absolute atomic E-state index is 0.195. The van der Waals surface area contributed by atoms with E-state index in [2.05, 4.69) is 13.8 Å². The highest BCUT2D eigenvalue weighted by atomic mass is 16.5. The number of ether oxygens (including phenoxy) is 1. The van der Waals surface area contributed by atoms with Crippen LogP contribution < -0.4 is 4.74 Å². The SMILES string of the molecule is CCCC(CCC)C(=O)c1ccc2c(c1)CCO2. The topological polar surface area (TPSA) is 26.3 Å². The summed E-state index contributed by atoms with van der Waals surface area (Å²) in [5, 5.41) is 0. The van der Waals surface area contributed by atoms with Gasteiger partial charge in [0.1, 0.15) is 5.75 Å². The summed E-state index contributed by atoms with van der Waals surface area (Å²) < 4.78 is 5.48. The molecule has 0 bridgehead atoms. The number of hydrogen-bond donors (Lipinski definition) is 0. The van der Waals surface area contributed by atoms with Crippen LogP contribution in [0.25, 0.3) is 0 Å². The van der Waals surface area contributed by atoms with Gasteiger partial charge in [0.2, 0.25) is 0 Å². The van der Waals surface area contributed by atoms with E-state index in [4.69, 9.17) is 4.74 Å². The summed E-state index contributed by atoms with van der Waals surface area (Å²) in [5.74, 6) is 1.46. The fraction of sp³-hybridized carbons (Fsp3) is 0.562. The van der Waals surface area contributed by atoms with Crippen LogP contribution in [0.2, 0.25) is 0 Å². The van der Waals surface area contributed by atoms with Gasteiger partial charge in [-0.2, -0.15) is 0 Å². The largest absolute Gasteiger partial charge is 0.493 e. The van der Waals surface area contributed by atoms with Crippen LogP contribution in [0, 0.1) is 5.92 Å². The first kappa shape index (κ1) is 13.1. The summed E-state index contributed by atoms with van der Waals surface area (Å²) in [7, 11) is 0. The van der Waals surface area contributed by atoms with Gasteiger partial charge in [-0.25, -0.2) is 0 Å². The summed E-state index contributed by atoms with van der Waals surface area (Å²) >= 11 is 0. The first-order valence-corrected chi connectivity index (χ1v) is 7.06. The smallest absolute Gasteiger partial charge is 0.165 e. The van der Waals surface area contributed by atoms with Crippen LogP contribution in [0.1, 0.15) is 55.5 Å². The molecule has 1 heterocycles. The van der Waals surface area contributed by atoms with Crippen molar-refractivity contribution in [1.82, 2.24) is 0 Å². The molecule has 0 N–H and O–H groups in total. The molecule has 0 saturated carbocycles. The van der Waals surface area contributed by atoms with E-state index in [9.17, 15) is 4.79 Å². The monoisotopic (exact) mass is 246 g/mol. The summed E-state index contributed by atoms with van der Waals surface area (Å²) in [6.45, 7) is 5.04. The van der Waals surface area contributed by atoms with Crippen molar-refractivity contribution in [2.75, 3.05) is 6.61 Å². The average Bonchev–Trinajstić information content (AvgIpc) is 2.84. The maximum Gasteiger partial charge on any atom is 0.165 e. The van der Waals surface area contributed by atoms with Crippen LogP contribution >= 0.6 is 0 Å².